The molecule has 0 aliphatic heterocycles. The maximum Gasteiger partial charge on any atom is 0.145 e. The van der Waals surface area contributed by atoms with Crippen LogP contribution in [0.2, 0.25) is 0 Å². The molecule has 3 nitrogen and oxygen atoms in total. The lowest BCUT2D eigenvalue weighted by Crippen LogP contribution is -2.04. The van der Waals surface area contributed by atoms with E-state index in [1.165, 1.54) is 24.3 Å². The van der Waals surface area contributed by atoms with Gasteiger partial charge in [-0.15, -0.1) is 0 Å². The third-order valence-corrected chi connectivity index (χ3v) is 4.12. The van der Waals surface area contributed by atoms with Crippen molar-refractivity contribution in [1.29, 1.82) is 5.26 Å². The van der Waals surface area contributed by atoms with E-state index in [1.54, 1.807) is 6.07 Å². The molecule has 2 N–H and O–H groups in total. The maximum absolute atomic E-state index is 13.9. The van der Waals surface area contributed by atoms with Gasteiger partial charge >= 0.3 is 0 Å². The van der Waals surface area contributed by atoms with Gasteiger partial charge in [0.1, 0.15) is 17.7 Å². The molecular formula is C14H10F2N2OS. The van der Waals surface area contributed by atoms with Crippen LogP contribution in [0, 0.1) is 23.0 Å². The van der Waals surface area contributed by atoms with Gasteiger partial charge in [-0.05, 0) is 24.3 Å². The number of rotatable bonds is 3. The number of halogens is 2. The highest BCUT2D eigenvalue weighted by Gasteiger charge is 2.14. The average Bonchev–Trinajstić information content (AvgIpc) is 2.43. The molecule has 1 unspecified atom stereocenters. The Labute approximate surface area is 117 Å². The fourth-order valence-electron chi connectivity index (χ4n) is 1.70. The van der Waals surface area contributed by atoms with E-state index >= 15 is 0 Å². The molecule has 1 atom stereocenters. The van der Waals surface area contributed by atoms with Crippen molar-refractivity contribution < 1.29 is 13.0 Å². The fraction of sp³-hybridized carbons (Fsp3) is 0.0714. The highest BCUT2D eigenvalue weighted by molar-refractivity contribution is 7.84. The first-order chi connectivity index (χ1) is 9.52. The van der Waals surface area contributed by atoms with Crippen molar-refractivity contribution in [2.24, 2.45) is 0 Å². The van der Waals surface area contributed by atoms with Crippen molar-refractivity contribution in [3.05, 3.63) is 59.2 Å². The quantitative estimate of drug-likeness (QED) is 0.884. The number of nitrogens with two attached hydrogens (primary N) is 1. The molecule has 0 aromatic heterocycles. The van der Waals surface area contributed by atoms with Crippen molar-refractivity contribution in [1.82, 2.24) is 0 Å². The highest BCUT2D eigenvalue weighted by Crippen LogP contribution is 2.22. The van der Waals surface area contributed by atoms with E-state index in [1.807, 2.05) is 0 Å². The van der Waals surface area contributed by atoms with Gasteiger partial charge in [-0.25, -0.2) is 8.78 Å². The van der Waals surface area contributed by atoms with Crippen molar-refractivity contribution in [2.45, 2.75) is 10.6 Å². The minimum atomic E-state index is -1.69. The van der Waals surface area contributed by atoms with Crippen LogP contribution in [-0.4, -0.2) is 4.21 Å². The van der Waals surface area contributed by atoms with Gasteiger partial charge in [-0.1, -0.05) is 12.1 Å². The Bertz CT molecular complexity index is 726. The predicted octanol–water partition coefficient (Wildman–Crippen LogP) is 2.73. The molecule has 0 spiro atoms. The highest BCUT2D eigenvalue weighted by atomic mass is 32.2. The van der Waals surface area contributed by atoms with Gasteiger partial charge in [0.2, 0.25) is 0 Å². The lowest BCUT2D eigenvalue weighted by Gasteiger charge is -2.07. The van der Waals surface area contributed by atoms with E-state index in [0.29, 0.717) is 0 Å². The number of nitriles is 1. The molecule has 2 aromatic rings. The van der Waals surface area contributed by atoms with E-state index in [0.717, 1.165) is 12.1 Å². The zero-order valence-corrected chi connectivity index (χ0v) is 11.1. The summed E-state index contributed by atoms with van der Waals surface area (Å²) >= 11 is 0. The largest absolute Gasteiger partial charge is 0.398 e. The van der Waals surface area contributed by atoms with Gasteiger partial charge < -0.3 is 5.73 Å². The molecule has 0 heterocycles. The Hall–Kier alpha value is -2.26. The predicted molar refractivity (Wildman–Crippen MR) is 72.0 cm³/mol. The van der Waals surface area contributed by atoms with Crippen molar-refractivity contribution in [2.75, 3.05) is 5.73 Å². The molecule has 0 saturated carbocycles. The van der Waals surface area contributed by atoms with E-state index in [-0.39, 0.29) is 27.5 Å². The average molecular weight is 292 g/mol. The zero-order chi connectivity index (χ0) is 14.7. The summed E-state index contributed by atoms with van der Waals surface area (Å²) in [6.45, 7) is 0. The zero-order valence-electron chi connectivity index (χ0n) is 10.3. The Morgan fingerprint density at radius 3 is 2.70 bits per heavy atom. The van der Waals surface area contributed by atoms with Gasteiger partial charge in [-0.2, -0.15) is 5.26 Å². The van der Waals surface area contributed by atoms with Gasteiger partial charge in [-0.3, -0.25) is 4.21 Å². The van der Waals surface area contributed by atoms with Crippen molar-refractivity contribution in [3.63, 3.8) is 0 Å². The van der Waals surface area contributed by atoms with Crippen LogP contribution in [0.4, 0.5) is 14.5 Å². The first-order valence-corrected chi connectivity index (χ1v) is 6.95. The molecule has 0 radical (unpaired) electrons. The first-order valence-electron chi connectivity index (χ1n) is 5.64. The molecule has 0 saturated heterocycles. The summed E-state index contributed by atoms with van der Waals surface area (Å²) in [6, 6.07) is 9.52. The molecule has 0 aliphatic rings. The molecular weight excluding hydrogens is 282 g/mol. The summed E-state index contributed by atoms with van der Waals surface area (Å²) < 4.78 is 39.2. The number of anilines is 1. The van der Waals surface area contributed by atoms with Gasteiger partial charge in [0, 0.05) is 11.3 Å². The van der Waals surface area contributed by atoms with Gasteiger partial charge in [0.15, 0.2) is 0 Å². The summed E-state index contributed by atoms with van der Waals surface area (Å²) in [7, 11) is -1.69. The minimum Gasteiger partial charge on any atom is -0.398 e. The SMILES string of the molecule is N#Cc1cccc(CS(=O)c2cc(F)ccc2N)c1F. The Kier molecular flexibility index (Phi) is 4.11. The van der Waals surface area contributed by atoms with Gasteiger partial charge in [0.05, 0.1) is 27.0 Å². The molecule has 0 aliphatic carbocycles. The second-order valence-electron chi connectivity index (χ2n) is 4.06. The molecule has 0 bridgehead atoms. The molecule has 2 aromatic carbocycles. The normalized spacial score (nSPS) is 11.8. The van der Waals surface area contributed by atoms with Crippen LogP contribution in [0.25, 0.3) is 0 Å². The summed E-state index contributed by atoms with van der Waals surface area (Å²) in [5, 5.41) is 8.74. The summed E-state index contributed by atoms with van der Waals surface area (Å²) in [5.74, 6) is -1.44. The lowest BCUT2D eigenvalue weighted by molar-refractivity contribution is 0.611. The Balaban J connectivity index is 2.33. The van der Waals surface area contributed by atoms with Crippen LogP contribution in [0.3, 0.4) is 0 Å². The number of hydrogen-bond donors (Lipinski definition) is 1. The number of nitrogens with zero attached hydrogens (tertiary/aromatic N) is 1. The second kappa shape index (κ2) is 5.80. The summed E-state index contributed by atoms with van der Waals surface area (Å²) in [4.78, 5) is 0.117. The third kappa shape index (κ3) is 2.83. The van der Waals surface area contributed by atoms with Crippen LogP contribution in [0.15, 0.2) is 41.3 Å². The number of nitrogen functional groups attached to an aromatic ring is 1. The Morgan fingerprint density at radius 2 is 2.00 bits per heavy atom. The Morgan fingerprint density at radius 1 is 1.25 bits per heavy atom. The molecule has 20 heavy (non-hydrogen) atoms. The number of benzene rings is 2. The van der Waals surface area contributed by atoms with E-state index < -0.39 is 22.4 Å². The smallest absolute Gasteiger partial charge is 0.145 e. The monoisotopic (exact) mass is 292 g/mol. The molecule has 6 heteroatoms. The molecule has 102 valence electrons. The van der Waals surface area contributed by atoms with E-state index in [9.17, 15) is 13.0 Å². The molecule has 0 fully saturated rings. The molecule has 0 amide bonds. The van der Waals surface area contributed by atoms with Crippen molar-refractivity contribution in [3.8, 4) is 6.07 Å². The summed E-state index contributed by atoms with van der Waals surface area (Å²) in [6.07, 6.45) is 0. The summed E-state index contributed by atoms with van der Waals surface area (Å²) in [5.41, 5.74) is 5.83. The van der Waals surface area contributed by atoms with E-state index in [4.69, 9.17) is 11.0 Å². The van der Waals surface area contributed by atoms with Gasteiger partial charge in [0.25, 0.3) is 0 Å². The minimum absolute atomic E-state index is 0.117. The van der Waals surface area contributed by atoms with E-state index in [2.05, 4.69) is 0 Å². The third-order valence-electron chi connectivity index (χ3n) is 2.71. The number of hydrogen-bond acceptors (Lipinski definition) is 3. The standard InChI is InChI=1S/C14H10F2N2OS/c15-11-4-5-12(18)13(6-11)20(19)8-10-3-1-2-9(7-17)14(10)16/h1-6H,8,18H2. The van der Waals surface area contributed by atoms with Crippen LogP contribution in [0.5, 0.6) is 0 Å². The van der Waals surface area contributed by atoms with Crippen molar-refractivity contribution >= 4 is 16.5 Å². The topological polar surface area (TPSA) is 66.9 Å². The first kappa shape index (κ1) is 14.2. The lowest BCUT2D eigenvalue weighted by atomic mass is 10.1. The van der Waals surface area contributed by atoms with Crippen LogP contribution >= 0.6 is 0 Å². The fourth-order valence-corrected chi connectivity index (χ4v) is 2.94. The van der Waals surface area contributed by atoms with Crippen LogP contribution in [-0.2, 0) is 16.6 Å². The van der Waals surface area contributed by atoms with Crippen LogP contribution in [0.1, 0.15) is 11.1 Å². The second-order valence-corrected chi connectivity index (χ2v) is 5.48. The maximum atomic E-state index is 13.9. The van der Waals surface area contributed by atoms with Crippen LogP contribution < -0.4 is 5.73 Å². The molecule has 2 rings (SSSR count).